The zero-order chi connectivity index (χ0) is 27.2. The second kappa shape index (κ2) is 11.6. The van der Waals surface area contributed by atoms with E-state index in [-0.39, 0.29) is 5.91 Å². The average molecular weight is 520 g/mol. The molecule has 4 aromatic rings. The number of methoxy groups -OCH3 is 3. The minimum atomic E-state index is -0.0905. The van der Waals surface area contributed by atoms with E-state index in [0.29, 0.717) is 29.4 Å². The zero-order valence-corrected chi connectivity index (χ0v) is 22.1. The van der Waals surface area contributed by atoms with Crippen molar-refractivity contribution in [2.24, 2.45) is 0 Å². The number of rotatable bonds is 9. The summed E-state index contributed by atoms with van der Waals surface area (Å²) < 4.78 is 22.4. The van der Waals surface area contributed by atoms with Crippen LogP contribution < -0.4 is 18.9 Å². The second-order valence-electron chi connectivity index (χ2n) is 8.90. The highest BCUT2D eigenvalue weighted by atomic mass is 16.5. The third-order valence-corrected chi connectivity index (χ3v) is 6.40. The molecule has 1 amide bonds. The zero-order valence-electron chi connectivity index (χ0n) is 22.1. The van der Waals surface area contributed by atoms with Gasteiger partial charge >= 0.3 is 0 Å². The Balaban J connectivity index is 1.51. The third-order valence-electron chi connectivity index (χ3n) is 6.40. The lowest BCUT2D eigenvalue weighted by Crippen LogP contribution is -2.25. The summed E-state index contributed by atoms with van der Waals surface area (Å²) in [5.74, 6) is 2.94. The number of ether oxygens (including phenoxy) is 4. The Hall–Kier alpha value is -4.97. The van der Waals surface area contributed by atoms with Gasteiger partial charge < -0.3 is 23.8 Å². The van der Waals surface area contributed by atoms with Crippen LogP contribution >= 0.6 is 0 Å². The molecule has 0 radical (unpaired) electrons. The predicted octanol–water partition coefficient (Wildman–Crippen LogP) is 6.97. The van der Waals surface area contributed by atoms with Gasteiger partial charge in [0.25, 0.3) is 5.91 Å². The van der Waals surface area contributed by atoms with Crippen LogP contribution in [0.5, 0.6) is 28.7 Å². The van der Waals surface area contributed by atoms with Gasteiger partial charge in [0.2, 0.25) is 5.75 Å². The van der Waals surface area contributed by atoms with Gasteiger partial charge in [0.1, 0.15) is 11.5 Å². The largest absolute Gasteiger partial charge is 0.493 e. The standard InChI is InChI=1S/C33H29NO5/c1-36-30-19-24(20-31(37-2)32(30)38-3)18-26-21-29(34(33(26)35)22-23-10-6-4-7-11-23)25-14-16-28(17-15-25)39-27-12-8-5-9-13-27/h4-21H,22H2,1-3H3/b26-18+. The summed E-state index contributed by atoms with van der Waals surface area (Å²) in [6, 6.07) is 31.0. The predicted molar refractivity (Wildman–Crippen MR) is 152 cm³/mol. The van der Waals surface area contributed by atoms with Gasteiger partial charge in [-0.3, -0.25) is 4.79 Å². The van der Waals surface area contributed by atoms with Crippen LogP contribution in [0.3, 0.4) is 0 Å². The molecule has 0 saturated carbocycles. The van der Waals surface area contributed by atoms with E-state index < -0.39 is 0 Å². The maximum absolute atomic E-state index is 13.7. The Morgan fingerprint density at radius 3 is 1.90 bits per heavy atom. The molecule has 39 heavy (non-hydrogen) atoms. The van der Waals surface area contributed by atoms with E-state index in [4.69, 9.17) is 18.9 Å². The monoisotopic (exact) mass is 519 g/mol. The van der Waals surface area contributed by atoms with Crippen molar-refractivity contribution in [2.45, 2.75) is 6.54 Å². The Bertz CT molecular complexity index is 1480. The highest BCUT2D eigenvalue weighted by Gasteiger charge is 2.29. The summed E-state index contributed by atoms with van der Waals surface area (Å²) in [4.78, 5) is 15.5. The van der Waals surface area contributed by atoms with E-state index in [0.717, 1.165) is 33.9 Å². The van der Waals surface area contributed by atoms with Crippen molar-refractivity contribution in [3.63, 3.8) is 0 Å². The molecule has 1 heterocycles. The molecular weight excluding hydrogens is 490 g/mol. The minimum absolute atomic E-state index is 0.0905. The minimum Gasteiger partial charge on any atom is -0.493 e. The molecule has 0 aromatic heterocycles. The Labute approximate surface area is 228 Å². The summed E-state index contributed by atoms with van der Waals surface area (Å²) in [5, 5.41) is 0. The lowest BCUT2D eigenvalue weighted by Gasteiger charge is -2.21. The molecule has 6 heteroatoms. The topological polar surface area (TPSA) is 57.2 Å². The van der Waals surface area contributed by atoms with Gasteiger partial charge in [-0.05, 0) is 77.4 Å². The van der Waals surface area contributed by atoms with Crippen molar-refractivity contribution in [2.75, 3.05) is 21.3 Å². The van der Waals surface area contributed by atoms with Crippen LogP contribution in [0.2, 0.25) is 0 Å². The number of carbonyl (C=O) groups is 1. The van der Waals surface area contributed by atoms with Gasteiger partial charge in [-0.15, -0.1) is 0 Å². The van der Waals surface area contributed by atoms with Crippen LogP contribution in [-0.4, -0.2) is 32.1 Å². The summed E-state index contributed by atoms with van der Waals surface area (Å²) in [6.07, 6.45) is 3.76. The van der Waals surface area contributed by atoms with Gasteiger partial charge in [0.05, 0.1) is 33.6 Å². The molecule has 0 saturated heterocycles. The van der Waals surface area contributed by atoms with Gasteiger partial charge in [-0.2, -0.15) is 0 Å². The molecule has 0 fully saturated rings. The van der Waals surface area contributed by atoms with Crippen molar-refractivity contribution < 1.29 is 23.7 Å². The van der Waals surface area contributed by atoms with Gasteiger partial charge in [-0.1, -0.05) is 48.5 Å². The van der Waals surface area contributed by atoms with E-state index in [9.17, 15) is 4.79 Å². The van der Waals surface area contributed by atoms with Crippen molar-refractivity contribution in [3.8, 4) is 28.7 Å². The quantitative estimate of drug-likeness (QED) is 0.224. The van der Waals surface area contributed by atoms with E-state index in [1.54, 1.807) is 26.2 Å². The van der Waals surface area contributed by atoms with E-state index >= 15 is 0 Å². The van der Waals surface area contributed by atoms with Crippen molar-refractivity contribution in [1.82, 2.24) is 4.90 Å². The molecule has 0 atom stereocenters. The number of nitrogens with zero attached hydrogens (tertiary/aromatic N) is 1. The molecule has 196 valence electrons. The first kappa shape index (κ1) is 25.7. The molecular formula is C33H29NO5. The van der Waals surface area contributed by atoms with Crippen molar-refractivity contribution in [3.05, 3.63) is 125 Å². The van der Waals surface area contributed by atoms with Crippen LogP contribution in [0.4, 0.5) is 0 Å². The normalized spacial score (nSPS) is 13.8. The van der Waals surface area contributed by atoms with Gasteiger partial charge in [0, 0.05) is 5.57 Å². The fourth-order valence-corrected chi connectivity index (χ4v) is 4.50. The summed E-state index contributed by atoms with van der Waals surface area (Å²) in [5.41, 5.74) is 4.08. The smallest absolute Gasteiger partial charge is 0.258 e. The maximum atomic E-state index is 13.7. The summed E-state index contributed by atoms with van der Waals surface area (Å²) in [6.45, 7) is 0.445. The molecule has 0 N–H and O–H groups in total. The Morgan fingerprint density at radius 2 is 1.31 bits per heavy atom. The molecule has 6 nitrogen and oxygen atoms in total. The number of carbonyl (C=O) groups excluding carboxylic acids is 1. The Morgan fingerprint density at radius 1 is 0.718 bits per heavy atom. The van der Waals surface area contributed by atoms with E-state index in [2.05, 4.69) is 0 Å². The maximum Gasteiger partial charge on any atom is 0.258 e. The van der Waals surface area contributed by atoms with Crippen LogP contribution in [0.1, 0.15) is 16.7 Å². The number of amides is 1. The number of hydrogen-bond acceptors (Lipinski definition) is 5. The molecule has 5 rings (SSSR count). The van der Waals surface area contributed by atoms with Crippen molar-refractivity contribution >= 4 is 17.7 Å². The van der Waals surface area contributed by atoms with Crippen molar-refractivity contribution in [1.29, 1.82) is 0 Å². The average Bonchev–Trinajstić information content (AvgIpc) is 3.28. The third kappa shape index (κ3) is 5.65. The summed E-state index contributed by atoms with van der Waals surface area (Å²) in [7, 11) is 4.70. The van der Waals surface area contributed by atoms with Gasteiger partial charge in [0.15, 0.2) is 11.5 Å². The first-order valence-electron chi connectivity index (χ1n) is 12.5. The number of para-hydroxylation sites is 1. The molecule has 4 aromatic carbocycles. The van der Waals surface area contributed by atoms with Crippen LogP contribution in [0.15, 0.2) is 109 Å². The highest BCUT2D eigenvalue weighted by Crippen LogP contribution is 2.40. The molecule has 0 bridgehead atoms. The summed E-state index contributed by atoms with van der Waals surface area (Å²) >= 11 is 0. The van der Waals surface area contributed by atoms with Crippen LogP contribution in [0.25, 0.3) is 11.8 Å². The van der Waals surface area contributed by atoms with Gasteiger partial charge in [-0.25, -0.2) is 0 Å². The fraction of sp³-hybridized carbons (Fsp3) is 0.121. The lowest BCUT2D eigenvalue weighted by atomic mass is 10.1. The second-order valence-corrected chi connectivity index (χ2v) is 8.90. The van der Waals surface area contributed by atoms with E-state index in [1.807, 2.05) is 109 Å². The molecule has 1 aliphatic heterocycles. The number of hydrogen-bond donors (Lipinski definition) is 0. The van der Waals surface area contributed by atoms with E-state index in [1.165, 1.54) is 0 Å². The first-order valence-corrected chi connectivity index (χ1v) is 12.5. The van der Waals surface area contributed by atoms with Crippen LogP contribution in [-0.2, 0) is 11.3 Å². The lowest BCUT2D eigenvalue weighted by molar-refractivity contribution is -0.123. The molecule has 1 aliphatic rings. The Kier molecular flexibility index (Phi) is 7.64. The highest BCUT2D eigenvalue weighted by molar-refractivity contribution is 6.10. The molecule has 0 spiro atoms. The number of benzene rings is 4. The SMILES string of the molecule is COc1cc(/C=C2\C=C(c3ccc(Oc4ccccc4)cc3)N(Cc3ccccc3)C2=O)cc(OC)c1OC. The molecule has 0 unspecified atom stereocenters. The van der Waals surface area contributed by atoms with Crippen LogP contribution in [0, 0.1) is 0 Å². The first-order chi connectivity index (χ1) is 19.1. The molecule has 0 aliphatic carbocycles. The fourth-order valence-electron chi connectivity index (χ4n) is 4.50.